The van der Waals surface area contributed by atoms with Crippen LogP contribution in [0.2, 0.25) is 0 Å². The van der Waals surface area contributed by atoms with Crippen LogP contribution in [0.15, 0.2) is 63.3 Å². The maximum atomic E-state index is 12.8. The molecule has 1 aromatic carbocycles. The van der Waals surface area contributed by atoms with E-state index >= 15 is 0 Å². The predicted octanol–water partition coefficient (Wildman–Crippen LogP) is 2.48. The van der Waals surface area contributed by atoms with Gasteiger partial charge in [0.2, 0.25) is 11.8 Å². The fraction of sp³-hybridized carbons (Fsp3) is 0.211. The third-order valence-electron chi connectivity index (χ3n) is 3.94. The van der Waals surface area contributed by atoms with Crippen LogP contribution in [0.4, 0.5) is 5.69 Å². The van der Waals surface area contributed by atoms with Gasteiger partial charge in [-0.1, -0.05) is 29.5 Å². The normalized spacial score (nSPS) is 10.6. The summed E-state index contributed by atoms with van der Waals surface area (Å²) < 4.78 is 6.70. The summed E-state index contributed by atoms with van der Waals surface area (Å²) in [5.74, 6) is -0.0982. The zero-order valence-corrected chi connectivity index (χ0v) is 15.6. The van der Waals surface area contributed by atoms with Gasteiger partial charge in [0.15, 0.2) is 0 Å². The van der Waals surface area contributed by atoms with Crippen LogP contribution in [0.25, 0.3) is 0 Å². The Balaban J connectivity index is 1.73. The molecule has 1 N–H and O–H groups in total. The predicted molar refractivity (Wildman–Crippen MR) is 103 cm³/mol. The number of anilines is 1. The number of para-hydroxylation sites is 1. The molecular formula is C19H19N3O4S. The van der Waals surface area contributed by atoms with Gasteiger partial charge in [-0.05, 0) is 31.2 Å². The van der Waals surface area contributed by atoms with Gasteiger partial charge in [-0.25, -0.2) is 0 Å². The van der Waals surface area contributed by atoms with Crippen LogP contribution in [0.5, 0.6) is 0 Å². The maximum absolute atomic E-state index is 12.8. The van der Waals surface area contributed by atoms with E-state index in [1.54, 1.807) is 36.6 Å². The molecule has 0 saturated carbocycles. The quantitative estimate of drug-likeness (QED) is 0.677. The van der Waals surface area contributed by atoms with E-state index in [0.717, 1.165) is 11.3 Å². The molecule has 0 aliphatic carbocycles. The maximum Gasteiger partial charge on any atom is 0.307 e. The van der Waals surface area contributed by atoms with E-state index in [1.165, 1.54) is 15.7 Å². The summed E-state index contributed by atoms with van der Waals surface area (Å²) in [5.41, 5.74) is 1.36. The molecule has 27 heavy (non-hydrogen) atoms. The molecule has 0 unspecified atom stereocenters. The number of carbonyl (C=O) groups excluding carboxylic acids is 2. The van der Waals surface area contributed by atoms with Crippen LogP contribution < -0.4 is 10.2 Å². The molecule has 2 aromatic heterocycles. The molecule has 3 rings (SSSR count). The first-order valence-electron chi connectivity index (χ1n) is 8.33. The molecule has 0 spiro atoms. The van der Waals surface area contributed by atoms with Crippen molar-refractivity contribution in [2.24, 2.45) is 0 Å². The van der Waals surface area contributed by atoms with Crippen molar-refractivity contribution in [3.05, 3.63) is 75.2 Å². The highest BCUT2D eigenvalue weighted by atomic mass is 32.1. The molecule has 0 fully saturated rings. The fourth-order valence-electron chi connectivity index (χ4n) is 2.55. The second kappa shape index (κ2) is 8.50. The molecule has 0 bridgehead atoms. The van der Waals surface area contributed by atoms with Crippen molar-refractivity contribution in [1.82, 2.24) is 9.47 Å². The molecule has 0 aliphatic heterocycles. The summed E-state index contributed by atoms with van der Waals surface area (Å²) in [5, 5.41) is 4.46. The Hall–Kier alpha value is -3.13. The van der Waals surface area contributed by atoms with Crippen LogP contribution in [-0.4, -0.2) is 27.8 Å². The summed E-state index contributed by atoms with van der Waals surface area (Å²) in [7, 11) is 0. The van der Waals surface area contributed by atoms with Gasteiger partial charge in [0, 0.05) is 16.8 Å². The number of furan rings is 1. The lowest BCUT2D eigenvalue weighted by Crippen LogP contribution is -2.40. The van der Waals surface area contributed by atoms with E-state index < -0.39 is 0 Å². The van der Waals surface area contributed by atoms with E-state index in [0.29, 0.717) is 17.1 Å². The first-order chi connectivity index (χ1) is 13.0. The number of carbonyl (C=O) groups is 2. The Morgan fingerprint density at radius 1 is 1.19 bits per heavy atom. The number of rotatable bonds is 7. The highest BCUT2D eigenvalue weighted by Crippen LogP contribution is 2.10. The van der Waals surface area contributed by atoms with Crippen molar-refractivity contribution >= 4 is 28.8 Å². The van der Waals surface area contributed by atoms with Gasteiger partial charge in [0.25, 0.3) is 0 Å². The van der Waals surface area contributed by atoms with Gasteiger partial charge >= 0.3 is 4.87 Å². The Kier molecular flexibility index (Phi) is 5.87. The lowest BCUT2D eigenvalue weighted by Gasteiger charge is -2.21. The summed E-state index contributed by atoms with van der Waals surface area (Å²) in [6, 6.07) is 12.5. The Morgan fingerprint density at radius 3 is 2.59 bits per heavy atom. The van der Waals surface area contributed by atoms with Crippen molar-refractivity contribution in [2.45, 2.75) is 20.0 Å². The number of hydrogen-bond acceptors (Lipinski definition) is 5. The van der Waals surface area contributed by atoms with Crippen molar-refractivity contribution in [2.75, 3.05) is 11.9 Å². The third-order valence-corrected chi connectivity index (χ3v) is 4.82. The van der Waals surface area contributed by atoms with E-state index in [9.17, 15) is 14.4 Å². The number of hydrogen-bond donors (Lipinski definition) is 1. The van der Waals surface area contributed by atoms with Gasteiger partial charge in [-0.2, -0.15) is 0 Å². The minimum atomic E-state index is -0.335. The van der Waals surface area contributed by atoms with E-state index in [1.807, 2.05) is 18.2 Å². The topological polar surface area (TPSA) is 84.5 Å². The number of aryl methyl sites for hydroxylation is 1. The van der Waals surface area contributed by atoms with Crippen molar-refractivity contribution < 1.29 is 14.0 Å². The first kappa shape index (κ1) is 18.7. The number of nitrogens with zero attached hydrogens (tertiary/aromatic N) is 2. The number of benzene rings is 1. The molecular weight excluding hydrogens is 366 g/mol. The average Bonchev–Trinajstić information content (AvgIpc) is 3.27. The van der Waals surface area contributed by atoms with Crippen LogP contribution in [0.3, 0.4) is 0 Å². The van der Waals surface area contributed by atoms with E-state index in [2.05, 4.69) is 5.32 Å². The van der Waals surface area contributed by atoms with Crippen LogP contribution >= 0.6 is 11.3 Å². The molecule has 2 heterocycles. The van der Waals surface area contributed by atoms with Crippen molar-refractivity contribution in [3.8, 4) is 0 Å². The molecule has 0 atom stereocenters. The monoisotopic (exact) mass is 385 g/mol. The average molecular weight is 385 g/mol. The number of nitrogens with one attached hydrogen (secondary N) is 1. The molecule has 140 valence electrons. The standard InChI is InChI=1S/C19H19N3O4S/c1-14-13-27-19(25)22(14)12-18(24)21(10-16-8-5-9-26-16)11-17(23)20-15-6-3-2-4-7-15/h2-9,13H,10-12H2,1H3,(H,20,23). The third kappa shape index (κ3) is 4.95. The molecule has 2 amide bonds. The van der Waals surface area contributed by atoms with Crippen molar-refractivity contribution in [1.29, 1.82) is 0 Å². The number of aromatic nitrogens is 1. The lowest BCUT2D eigenvalue weighted by atomic mass is 10.3. The highest BCUT2D eigenvalue weighted by molar-refractivity contribution is 7.07. The number of thiazole rings is 1. The molecule has 7 nitrogen and oxygen atoms in total. The van der Waals surface area contributed by atoms with E-state index in [-0.39, 0.29) is 36.3 Å². The molecule has 3 aromatic rings. The SMILES string of the molecule is Cc1csc(=O)n1CC(=O)N(CC(=O)Nc1ccccc1)Cc1ccco1. The minimum Gasteiger partial charge on any atom is -0.467 e. The first-order valence-corrected chi connectivity index (χ1v) is 9.21. The molecule has 0 aliphatic rings. The zero-order chi connectivity index (χ0) is 19.2. The van der Waals surface area contributed by atoms with Gasteiger partial charge < -0.3 is 14.6 Å². The molecule has 0 radical (unpaired) electrons. The summed E-state index contributed by atoms with van der Waals surface area (Å²) in [4.78, 5) is 38.2. The Bertz CT molecular complexity index is 961. The Labute approximate surface area is 159 Å². The van der Waals surface area contributed by atoms with Crippen LogP contribution in [0.1, 0.15) is 11.5 Å². The number of amides is 2. The lowest BCUT2D eigenvalue weighted by molar-refractivity contribution is -0.136. The fourth-order valence-corrected chi connectivity index (χ4v) is 3.28. The smallest absolute Gasteiger partial charge is 0.307 e. The molecule has 0 saturated heterocycles. The van der Waals surface area contributed by atoms with Crippen LogP contribution in [-0.2, 0) is 22.7 Å². The van der Waals surface area contributed by atoms with Crippen molar-refractivity contribution in [3.63, 3.8) is 0 Å². The van der Waals surface area contributed by atoms with E-state index in [4.69, 9.17) is 4.42 Å². The second-order valence-electron chi connectivity index (χ2n) is 5.97. The minimum absolute atomic E-state index is 0.118. The zero-order valence-electron chi connectivity index (χ0n) is 14.8. The Morgan fingerprint density at radius 2 is 1.96 bits per heavy atom. The summed E-state index contributed by atoms with van der Waals surface area (Å²) in [6.45, 7) is 1.65. The summed E-state index contributed by atoms with van der Waals surface area (Å²) >= 11 is 1.04. The highest BCUT2D eigenvalue weighted by Gasteiger charge is 2.20. The summed E-state index contributed by atoms with van der Waals surface area (Å²) in [6.07, 6.45) is 1.51. The largest absolute Gasteiger partial charge is 0.467 e. The van der Waals surface area contributed by atoms with Gasteiger partial charge in [0.05, 0.1) is 12.8 Å². The second-order valence-corrected chi connectivity index (χ2v) is 6.79. The van der Waals surface area contributed by atoms with Gasteiger partial charge in [0.1, 0.15) is 18.8 Å². The molecule has 8 heteroatoms. The van der Waals surface area contributed by atoms with Gasteiger partial charge in [-0.3, -0.25) is 19.0 Å². The van der Waals surface area contributed by atoms with Gasteiger partial charge in [-0.15, -0.1) is 0 Å². The van der Waals surface area contributed by atoms with Crippen LogP contribution in [0, 0.1) is 6.92 Å².